The second-order valence-electron chi connectivity index (χ2n) is 11.8. The number of nitrogens with one attached hydrogen (secondary N) is 5. The van der Waals surface area contributed by atoms with Crippen LogP contribution >= 0.6 is 24.8 Å². The van der Waals surface area contributed by atoms with Gasteiger partial charge in [-0.15, -0.1) is 24.8 Å². The van der Waals surface area contributed by atoms with Gasteiger partial charge in [0.2, 0.25) is 21.8 Å². The molecule has 11 nitrogen and oxygen atoms in total. The van der Waals surface area contributed by atoms with Crippen molar-refractivity contribution in [1.82, 2.24) is 26.0 Å². The first-order valence-electron chi connectivity index (χ1n) is 15.4. The molecule has 2 aromatic carbocycles. The minimum absolute atomic E-state index is 0. The van der Waals surface area contributed by atoms with Crippen molar-refractivity contribution >= 4 is 63.4 Å². The van der Waals surface area contributed by atoms with Gasteiger partial charge in [0, 0.05) is 12.5 Å². The molecule has 45 heavy (non-hydrogen) atoms. The number of hydrogen-bond donors (Lipinski definition) is 6. The Morgan fingerprint density at radius 3 is 1.93 bits per heavy atom. The number of halogens is 2. The molecule has 1 atom stereocenters. The van der Waals surface area contributed by atoms with E-state index in [0.29, 0.717) is 17.2 Å². The summed E-state index contributed by atoms with van der Waals surface area (Å²) in [5.41, 5.74) is 0. The van der Waals surface area contributed by atoms with Gasteiger partial charge in [-0.25, -0.2) is 8.42 Å². The average molecular weight is 689 g/mol. The third kappa shape index (κ3) is 12.3. The molecule has 0 aromatic heterocycles. The molecule has 2 heterocycles. The number of sulfonamides is 1. The van der Waals surface area contributed by atoms with Crippen LogP contribution in [0.25, 0.3) is 10.8 Å². The van der Waals surface area contributed by atoms with Crippen molar-refractivity contribution in [2.45, 2.75) is 62.3 Å². The highest BCUT2D eigenvalue weighted by atomic mass is 35.5. The van der Waals surface area contributed by atoms with E-state index in [1.807, 2.05) is 12.1 Å². The van der Waals surface area contributed by atoms with Crippen LogP contribution in [0.1, 0.15) is 51.4 Å². The third-order valence-electron chi connectivity index (χ3n) is 8.69. The van der Waals surface area contributed by atoms with E-state index < -0.39 is 34.5 Å². The molecule has 2 fully saturated rings. The molecular weight excluding hydrogens is 641 g/mol. The summed E-state index contributed by atoms with van der Waals surface area (Å²) in [6.45, 7) is 3.25. The first-order chi connectivity index (χ1) is 20.7. The lowest BCUT2D eigenvalue weighted by Gasteiger charge is -2.27. The lowest BCUT2D eigenvalue weighted by atomic mass is 9.84. The van der Waals surface area contributed by atoms with E-state index >= 15 is 0 Å². The summed E-state index contributed by atoms with van der Waals surface area (Å²) < 4.78 is 28.0. The van der Waals surface area contributed by atoms with E-state index in [4.69, 9.17) is 0 Å². The Morgan fingerprint density at radius 2 is 1.38 bits per heavy atom. The standard InChI is InChI=1S/C31H45N5O6S.2ClH/c37-29(34-20-28(31(39)40)36-43(41,42)27-10-9-24-3-1-2-4-26(24)19-27)21-35-30(38)25(7-5-22-11-15-32-16-12-22)8-6-23-13-17-33-18-14-23;;/h1-4,9-10,19,22-23,25,28,32-33,36H,5-8,11-18,20-21H2,(H,34,37)(H,35,38)(H,39,40);2*1H/t28-;;/m1../s1. The number of hydrogen-bond acceptors (Lipinski definition) is 7. The minimum atomic E-state index is -4.17. The number of carbonyl (C=O) groups is 3. The summed E-state index contributed by atoms with van der Waals surface area (Å²) in [4.78, 5) is 37.5. The first kappa shape index (κ1) is 38.7. The van der Waals surface area contributed by atoms with Gasteiger partial charge in [0.25, 0.3) is 0 Å². The van der Waals surface area contributed by atoms with E-state index in [0.717, 1.165) is 82.9 Å². The molecule has 2 aliphatic heterocycles. The molecule has 0 radical (unpaired) electrons. The zero-order valence-corrected chi connectivity index (χ0v) is 27.9. The molecule has 2 amide bonds. The van der Waals surface area contributed by atoms with Crippen LogP contribution in [0.15, 0.2) is 47.4 Å². The topological polar surface area (TPSA) is 166 Å². The van der Waals surface area contributed by atoms with Gasteiger partial charge in [-0.3, -0.25) is 14.4 Å². The fraction of sp³-hybridized carbons (Fsp3) is 0.581. The van der Waals surface area contributed by atoms with Gasteiger partial charge in [-0.1, -0.05) is 30.3 Å². The van der Waals surface area contributed by atoms with Crippen molar-refractivity contribution in [2.75, 3.05) is 39.3 Å². The number of carbonyl (C=O) groups excluding carboxylic acids is 2. The number of piperidine rings is 2. The number of amides is 2. The summed E-state index contributed by atoms with van der Waals surface area (Å²) in [6.07, 6.45) is 7.97. The highest BCUT2D eigenvalue weighted by molar-refractivity contribution is 7.89. The largest absolute Gasteiger partial charge is 0.480 e. The van der Waals surface area contributed by atoms with E-state index in [9.17, 15) is 27.9 Å². The van der Waals surface area contributed by atoms with Gasteiger partial charge in [-0.2, -0.15) is 4.72 Å². The molecule has 4 rings (SSSR count). The highest BCUT2D eigenvalue weighted by Crippen LogP contribution is 2.27. The normalized spacial score (nSPS) is 16.7. The lowest BCUT2D eigenvalue weighted by Crippen LogP contribution is -2.50. The predicted octanol–water partition coefficient (Wildman–Crippen LogP) is 2.82. The van der Waals surface area contributed by atoms with Crippen LogP contribution in [0, 0.1) is 17.8 Å². The fourth-order valence-corrected chi connectivity index (χ4v) is 7.20. The summed E-state index contributed by atoms with van der Waals surface area (Å²) in [7, 11) is -4.17. The number of carboxylic acids is 1. The van der Waals surface area contributed by atoms with Crippen molar-refractivity contribution in [1.29, 1.82) is 0 Å². The third-order valence-corrected chi connectivity index (χ3v) is 10.2. The maximum absolute atomic E-state index is 13.2. The van der Waals surface area contributed by atoms with Crippen LogP contribution in [0.4, 0.5) is 0 Å². The number of aliphatic carboxylic acids is 1. The molecule has 2 aromatic rings. The Bertz CT molecular complexity index is 1330. The zero-order chi connectivity index (χ0) is 30.7. The Hall–Kier alpha value is -2.48. The molecule has 2 aliphatic rings. The maximum Gasteiger partial charge on any atom is 0.323 e. The summed E-state index contributed by atoms with van der Waals surface area (Å²) in [6, 6.07) is 10.2. The number of benzene rings is 2. The van der Waals surface area contributed by atoms with Crippen LogP contribution in [-0.2, 0) is 24.4 Å². The van der Waals surface area contributed by atoms with E-state index in [1.54, 1.807) is 18.2 Å². The van der Waals surface area contributed by atoms with Gasteiger partial charge in [0.1, 0.15) is 6.04 Å². The molecule has 0 spiro atoms. The van der Waals surface area contributed by atoms with E-state index in [-0.39, 0.29) is 48.1 Å². The SMILES string of the molecule is Cl.Cl.O=C(CNC(=O)C(CCC1CCNCC1)CCC1CCNCC1)NC[C@@H](NS(=O)(=O)c1ccc2ccccc2c1)C(=O)O. The fourth-order valence-electron chi connectivity index (χ4n) is 5.98. The maximum atomic E-state index is 13.2. The van der Waals surface area contributed by atoms with Crippen molar-refractivity contribution in [2.24, 2.45) is 17.8 Å². The highest BCUT2D eigenvalue weighted by Gasteiger charge is 2.27. The van der Waals surface area contributed by atoms with E-state index in [2.05, 4.69) is 26.0 Å². The molecule has 6 N–H and O–H groups in total. The molecule has 2 saturated heterocycles. The Balaban J connectivity index is 0.00000353. The monoisotopic (exact) mass is 687 g/mol. The number of carboxylic acid groups (broad SMARTS) is 1. The van der Waals surface area contributed by atoms with Crippen LogP contribution in [0.5, 0.6) is 0 Å². The van der Waals surface area contributed by atoms with Crippen LogP contribution in [0.2, 0.25) is 0 Å². The molecule has 0 aliphatic carbocycles. The van der Waals surface area contributed by atoms with Gasteiger partial charge in [0.15, 0.2) is 0 Å². The number of rotatable bonds is 15. The van der Waals surface area contributed by atoms with Crippen LogP contribution in [-0.4, -0.2) is 76.6 Å². The summed E-state index contributed by atoms with van der Waals surface area (Å²) >= 11 is 0. The quantitative estimate of drug-likeness (QED) is 0.166. The average Bonchev–Trinajstić information content (AvgIpc) is 3.02. The molecule has 252 valence electrons. The first-order valence-corrected chi connectivity index (χ1v) is 16.9. The van der Waals surface area contributed by atoms with Gasteiger partial charge < -0.3 is 26.4 Å². The zero-order valence-electron chi connectivity index (χ0n) is 25.5. The Kier molecular flexibility index (Phi) is 16.5. The molecular formula is C31H47Cl2N5O6S. The second kappa shape index (κ2) is 19.2. The smallest absolute Gasteiger partial charge is 0.323 e. The van der Waals surface area contributed by atoms with Crippen molar-refractivity contribution in [3.63, 3.8) is 0 Å². The van der Waals surface area contributed by atoms with Crippen LogP contribution in [0.3, 0.4) is 0 Å². The van der Waals surface area contributed by atoms with Gasteiger partial charge in [-0.05, 0) is 112 Å². The number of fused-ring (bicyclic) bond motifs is 1. The van der Waals surface area contributed by atoms with Crippen molar-refractivity contribution < 1.29 is 27.9 Å². The van der Waals surface area contributed by atoms with Crippen LogP contribution < -0.4 is 26.0 Å². The lowest BCUT2D eigenvalue weighted by molar-refractivity contribution is -0.139. The van der Waals surface area contributed by atoms with E-state index in [1.165, 1.54) is 12.1 Å². The van der Waals surface area contributed by atoms with Gasteiger partial charge in [0.05, 0.1) is 11.4 Å². The molecule has 0 bridgehead atoms. The Morgan fingerprint density at radius 1 is 0.822 bits per heavy atom. The summed E-state index contributed by atoms with van der Waals surface area (Å²) in [5, 5.41) is 23.1. The Labute approximate surface area is 278 Å². The molecule has 0 unspecified atom stereocenters. The second-order valence-corrected chi connectivity index (χ2v) is 13.5. The molecule has 0 saturated carbocycles. The predicted molar refractivity (Wildman–Crippen MR) is 179 cm³/mol. The molecule has 14 heteroatoms. The van der Waals surface area contributed by atoms with Crippen molar-refractivity contribution in [3.05, 3.63) is 42.5 Å². The van der Waals surface area contributed by atoms with Gasteiger partial charge >= 0.3 is 5.97 Å². The summed E-state index contributed by atoms with van der Waals surface area (Å²) in [5.74, 6) is -1.15. The minimum Gasteiger partial charge on any atom is -0.480 e. The van der Waals surface area contributed by atoms with Crippen molar-refractivity contribution in [3.8, 4) is 0 Å².